The van der Waals surface area contributed by atoms with E-state index >= 15 is 0 Å². The second-order valence-electron chi connectivity index (χ2n) is 6.15. The second kappa shape index (κ2) is 9.00. The molecule has 1 unspecified atom stereocenters. The minimum absolute atomic E-state index is 0.233. The molecule has 1 fully saturated rings. The van der Waals surface area contributed by atoms with Crippen LogP contribution in [0.2, 0.25) is 0 Å². The Morgan fingerprint density at radius 3 is 2.60 bits per heavy atom. The molecule has 1 saturated heterocycles. The summed E-state index contributed by atoms with van der Waals surface area (Å²) in [5.41, 5.74) is 0. The van der Waals surface area contributed by atoms with Gasteiger partial charge in [-0.05, 0) is 38.6 Å². The van der Waals surface area contributed by atoms with E-state index in [2.05, 4.69) is 26.1 Å². The third-order valence-electron chi connectivity index (χ3n) is 4.03. The molecule has 0 aromatic rings. The molecule has 0 aromatic heterocycles. The fourth-order valence-corrected chi connectivity index (χ4v) is 4.76. The minimum atomic E-state index is -3.06. The zero-order chi connectivity index (χ0) is 15.0. The van der Waals surface area contributed by atoms with Gasteiger partial charge >= 0.3 is 0 Å². The lowest BCUT2D eigenvalue weighted by molar-refractivity contribution is 0.314. The summed E-state index contributed by atoms with van der Waals surface area (Å²) < 4.78 is 26.8. The summed E-state index contributed by atoms with van der Waals surface area (Å²) in [4.78, 5) is 0. The average molecular weight is 304 g/mol. The fraction of sp³-hybridized carbons (Fsp3) is 1.00. The molecular weight excluding hydrogens is 272 g/mol. The highest BCUT2D eigenvalue weighted by Gasteiger charge is 2.29. The van der Waals surface area contributed by atoms with Gasteiger partial charge < -0.3 is 5.32 Å². The maximum absolute atomic E-state index is 12.5. The van der Waals surface area contributed by atoms with Crippen LogP contribution in [-0.2, 0) is 10.0 Å². The molecule has 5 heteroatoms. The van der Waals surface area contributed by atoms with Crippen molar-refractivity contribution in [3.05, 3.63) is 0 Å². The number of nitrogens with one attached hydrogen (secondary N) is 1. The van der Waals surface area contributed by atoms with Crippen molar-refractivity contribution in [2.24, 2.45) is 0 Å². The molecule has 0 amide bonds. The van der Waals surface area contributed by atoms with Crippen molar-refractivity contribution in [3.8, 4) is 0 Å². The Morgan fingerprint density at radius 1 is 1.20 bits per heavy atom. The van der Waals surface area contributed by atoms with Crippen LogP contribution in [0.1, 0.15) is 65.7 Å². The van der Waals surface area contributed by atoms with E-state index in [0.29, 0.717) is 11.8 Å². The highest BCUT2D eigenvalue weighted by Crippen LogP contribution is 2.22. The van der Waals surface area contributed by atoms with Crippen molar-refractivity contribution in [1.82, 2.24) is 9.62 Å². The van der Waals surface area contributed by atoms with E-state index in [9.17, 15) is 8.42 Å². The van der Waals surface area contributed by atoms with Crippen LogP contribution in [0.4, 0.5) is 0 Å². The van der Waals surface area contributed by atoms with Gasteiger partial charge in [0.15, 0.2) is 0 Å². The molecule has 1 atom stereocenters. The predicted octanol–water partition coefficient (Wildman–Crippen LogP) is 2.75. The van der Waals surface area contributed by atoms with Gasteiger partial charge in [-0.1, -0.05) is 33.6 Å². The molecule has 0 saturated carbocycles. The summed E-state index contributed by atoms with van der Waals surface area (Å²) in [6.45, 7) is 7.96. The number of hydrogen-bond acceptors (Lipinski definition) is 3. The monoisotopic (exact) mass is 304 g/mol. The first-order valence-electron chi connectivity index (χ1n) is 8.20. The predicted molar refractivity (Wildman–Crippen MR) is 85.4 cm³/mol. The SMILES string of the molecule is CCC1CCCCCN1S(=O)(=O)CCCCNC(C)C. The van der Waals surface area contributed by atoms with Crippen LogP contribution in [0.15, 0.2) is 0 Å². The lowest BCUT2D eigenvalue weighted by atomic mass is 10.1. The van der Waals surface area contributed by atoms with Crippen molar-refractivity contribution in [2.75, 3.05) is 18.8 Å². The maximum Gasteiger partial charge on any atom is 0.214 e. The van der Waals surface area contributed by atoms with E-state index in [1.54, 1.807) is 4.31 Å². The molecule has 1 aliphatic heterocycles. The molecule has 20 heavy (non-hydrogen) atoms. The Balaban J connectivity index is 2.44. The number of rotatable bonds is 8. The summed E-state index contributed by atoms with van der Waals surface area (Å²) in [7, 11) is -3.06. The first-order chi connectivity index (χ1) is 9.47. The molecule has 1 rings (SSSR count). The molecule has 0 aliphatic carbocycles. The Kier molecular flexibility index (Phi) is 8.07. The van der Waals surface area contributed by atoms with Crippen LogP contribution in [-0.4, -0.2) is 43.6 Å². The van der Waals surface area contributed by atoms with Crippen LogP contribution < -0.4 is 5.32 Å². The van der Waals surface area contributed by atoms with Crippen LogP contribution in [0, 0.1) is 0 Å². The van der Waals surface area contributed by atoms with E-state index in [-0.39, 0.29) is 6.04 Å². The zero-order valence-corrected chi connectivity index (χ0v) is 14.2. The maximum atomic E-state index is 12.5. The first kappa shape index (κ1) is 17.9. The molecule has 120 valence electrons. The Bertz CT molecular complexity index is 355. The molecule has 1 heterocycles. The van der Waals surface area contributed by atoms with Crippen molar-refractivity contribution in [1.29, 1.82) is 0 Å². The van der Waals surface area contributed by atoms with Crippen LogP contribution in [0.5, 0.6) is 0 Å². The molecule has 1 N–H and O–H groups in total. The molecular formula is C15H32N2O2S. The fourth-order valence-electron chi connectivity index (χ4n) is 2.84. The summed E-state index contributed by atoms with van der Waals surface area (Å²) in [5.74, 6) is 0.309. The number of hydrogen-bond donors (Lipinski definition) is 1. The lowest BCUT2D eigenvalue weighted by Crippen LogP contribution is -2.41. The third-order valence-corrected chi connectivity index (χ3v) is 6.03. The van der Waals surface area contributed by atoms with Crippen LogP contribution >= 0.6 is 0 Å². The van der Waals surface area contributed by atoms with Gasteiger partial charge in [0, 0.05) is 18.6 Å². The highest BCUT2D eigenvalue weighted by atomic mass is 32.2. The molecule has 1 aliphatic rings. The topological polar surface area (TPSA) is 49.4 Å². The molecule has 0 aromatic carbocycles. The lowest BCUT2D eigenvalue weighted by Gasteiger charge is -2.28. The molecule has 0 bridgehead atoms. The quantitative estimate of drug-likeness (QED) is 0.702. The minimum Gasteiger partial charge on any atom is -0.315 e. The average Bonchev–Trinajstić information content (AvgIpc) is 2.63. The third kappa shape index (κ3) is 6.10. The van der Waals surface area contributed by atoms with E-state index in [0.717, 1.165) is 45.2 Å². The first-order valence-corrected chi connectivity index (χ1v) is 9.81. The van der Waals surface area contributed by atoms with Gasteiger partial charge in [-0.2, -0.15) is 4.31 Å². The van der Waals surface area contributed by atoms with Gasteiger partial charge in [0.1, 0.15) is 0 Å². The summed E-state index contributed by atoms with van der Waals surface area (Å²) >= 11 is 0. The second-order valence-corrected chi connectivity index (χ2v) is 8.20. The van der Waals surface area contributed by atoms with Gasteiger partial charge in [0.2, 0.25) is 10.0 Å². The van der Waals surface area contributed by atoms with Gasteiger partial charge in [-0.15, -0.1) is 0 Å². The Morgan fingerprint density at radius 2 is 1.95 bits per heavy atom. The van der Waals surface area contributed by atoms with Crippen molar-refractivity contribution < 1.29 is 8.42 Å². The van der Waals surface area contributed by atoms with E-state index < -0.39 is 10.0 Å². The molecule has 0 spiro atoms. The van der Waals surface area contributed by atoms with Crippen molar-refractivity contribution in [3.63, 3.8) is 0 Å². The highest BCUT2D eigenvalue weighted by molar-refractivity contribution is 7.89. The Hall–Kier alpha value is -0.130. The zero-order valence-electron chi connectivity index (χ0n) is 13.4. The van der Waals surface area contributed by atoms with Crippen molar-refractivity contribution >= 4 is 10.0 Å². The van der Waals surface area contributed by atoms with E-state index in [1.807, 2.05) is 0 Å². The number of unbranched alkanes of at least 4 members (excludes halogenated alkanes) is 1. The molecule has 0 radical (unpaired) electrons. The standard InChI is InChI=1S/C15H32N2O2S/c1-4-15-10-6-5-8-12-17(15)20(18,19)13-9-7-11-16-14(2)3/h14-16H,4-13H2,1-3H3. The van der Waals surface area contributed by atoms with Gasteiger partial charge in [-0.3, -0.25) is 0 Å². The van der Waals surface area contributed by atoms with Crippen LogP contribution in [0.25, 0.3) is 0 Å². The summed E-state index contributed by atoms with van der Waals surface area (Å²) in [6, 6.07) is 0.706. The number of nitrogens with zero attached hydrogens (tertiary/aromatic N) is 1. The van der Waals surface area contributed by atoms with Crippen molar-refractivity contribution in [2.45, 2.75) is 77.8 Å². The molecule has 4 nitrogen and oxygen atoms in total. The van der Waals surface area contributed by atoms with E-state index in [1.165, 1.54) is 12.8 Å². The van der Waals surface area contributed by atoms with E-state index in [4.69, 9.17) is 0 Å². The smallest absolute Gasteiger partial charge is 0.214 e. The number of sulfonamides is 1. The van der Waals surface area contributed by atoms with Gasteiger partial charge in [-0.25, -0.2) is 8.42 Å². The largest absolute Gasteiger partial charge is 0.315 e. The van der Waals surface area contributed by atoms with Crippen LogP contribution in [0.3, 0.4) is 0 Å². The van der Waals surface area contributed by atoms with Gasteiger partial charge in [0.25, 0.3) is 0 Å². The summed E-state index contributed by atoms with van der Waals surface area (Å²) in [6.07, 6.45) is 7.02. The summed E-state index contributed by atoms with van der Waals surface area (Å²) in [5, 5.41) is 3.33. The normalized spacial score (nSPS) is 22.1. The Labute approximate surface area is 125 Å². The van der Waals surface area contributed by atoms with Gasteiger partial charge in [0.05, 0.1) is 5.75 Å².